The average molecular weight is 558 g/mol. The van der Waals surface area contributed by atoms with Crippen molar-refractivity contribution in [3.63, 3.8) is 0 Å². The first-order valence-corrected chi connectivity index (χ1v) is 13.2. The van der Waals surface area contributed by atoms with Crippen LogP contribution in [0.2, 0.25) is 10.0 Å². The van der Waals surface area contributed by atoms with Crippen molar-refractivity contribution in [2.75, 3.05) is 16.2 Å². The number of nitrogens with zero attached hydrogens (tertiary/aromatic N) is 1. The molecular formula is C26H21Cl2N3O5S. The molecule has 0 fully saturated rings. The van der Waals surface area contributed by atoms with Gasteiger partial charge in [-0.3, -0.25) is 9.10 Å². The highest BCUT2D eigenvalue weighted by Crippen LogP contribution is 2.35. The number of aliphatic carboxylic acids is 1. The number of anilines is 2. The van der Waals surface area contributed by atoms with Gasteiger partial charge in [-0.1, -0.05) is 77.8 Å². The van der Waals surface area contributed by atoms with E-state index in [0.717, 1.165) is 9.87 Å². The molecule has 0 heterocycles. The van der Waals surface area contributed by atoms with Gasteiger partial charge in [0.05, 0.1) is 16.3 Å². The number of rotatable bonds is 8. The molecule has 0 aromatic heterocycles. The Balaban J connectivity index is 1.71. The van der Waals surface area contributed by atoms with Crippen LogP contribution in [-0.2, 0) is 21.4 Å². The molecule has 4 rings (SSSR count). The Kier molecular flexibility index (Phi) is 7.87. The number of halogens is 2. The molecule has 4 aromatic rings. The first-order valence-electron chi connectivity index (χ1n) is 11.0. The monoisotopic (exact) mass is 557 g/mol. The second-order valence-electron chi connectivity index (χ2n) is 7.98. The summed E-state index contributed by atoms with van der Waals surface area (Å²) in [7, 11) is -4.38. The van der Waals surface area contributed by atoms with E-state index in [-0.39, 0.29) is 20.6 Å². The molecule has 0 aliphatic carbocycles. The molecule has 190 valence electrons. The lowest BCUT2D eigenvalue weighted by molar-refractivity contribution is -0.135. The van der Waals surface area contributed by atoms with Crippen LogP contribution in [0.5, 0.6) is 0 Å². The number of fused-ring (bicyclic) bond motifs is 1. The van der Waals surface area contributed by atoms with Gasteiger partial charge in [0.1, 0.15) is 6.54 Å². The first kappa shape index (κ1) is 26.3. The van der Waals surface area contributed by atoms with E-state index in [9.17, 15) is 23.1 Å². The minimum Gasteiger partial charge on any atom is -0.480 e. The van der Waals surface area contributed by atoms with Crippen molar-refractivity contribution >= 4 is 67.4 Å². The molecule has 0 atom stereocenters. The highest BCUT2D eigenvalue weighted by Gasteiger charge is 2.29. The van der Waals surface area contributed by atoms with Crippen molar-refractivity contribution in [2.45, 2.75) is 11.4 Å². The molecule has 0 bridgehead atoms. The van der Waals surface area contributed by atoms with Crippen LogP contribution in [0.4, 0.5) is 16.2 Å². The summed E-state index contributed by atoms with van der Waals surface area (Å²) in [6.45, 7) is -0.531. The third-order valence-corrected chi connectivity index (χ3v) is 7.59. The van der Waals surface area contributed by atoms with Crippen molar-refractivity contribution in [3.8, 4) is 0 Å². The van der Waals surface area contributed by atoms with E-state index < -0.39 is 28.6 Å². The van der Waals surface area contributed by atoms with Crippen LogP contribution in [0, 0.1) is 0 Å². The van der Waals surface area contributed by atoms with E-state index in [0.29, 0.717) is 23.0 Å². The van der Waals surface area contributed by atoms with Crippen molar-refractivity contribution in [1.82, 2.24) is 5.32 Å². The van der Waals surface area contributed by atoms with E-state index in [2.05, 4.69) is 10.6 Å². The van der Waals surface area contributed by atoms with Crippen LogP contribution in [0.1, 0.15) is 5.56 Å². The number of carboxylic acids is 1. The highest BCUT2D eigenvalue weighted by atomic mass is 35.5. The summed E-state index contributed by atoms with van der Waals surface area (Å²) in [6, 6.07) is 22.4. The fourth-order valence-electron chi connectivity index (χ4n) is 3.79. The number of carboxylic acid groups (broad SMARTS) is 1. The Hall–Kier alpha value is -3.79. The Bertz CT molecular complexity index is 1560. The van der Waals surface area contributed by atoms with Crippen LogP contribution in [0.3, 0.4) is 0 Å². The molecule has 0 spiro atoms. The number of carbonyl (C=O) groups excluding carboxylic acids is 1. The number of sulfonamides is 1. The summed E-state index contributed by atoms with van der Waals surface area (Å²) >= 11 is 12.0. The van der Waals surface area contributed by atoms with Gasteiger partial charge in [-0.2, -0.15) is 0 Å². The highest BCUT2D eigenvalue weighted by molar-refractivity contribution is 7.92. The predicted molar refractivity (Wildman–Crippen MR) is 145 cm³/mol. The fourth-order valence-corrected chi connectivity index (χ4v) is 5.95. The molecule has 0 radical (unpaired) electrons. The molecule has 8 nitrogen and oxygen atoms in total. The standard InChI is InChI=1S/C26H21Cl2N3O5S/c27-18-12-19(28)14-20(13-18)37(35,36)31(16-25(32)33)24-11-5-8-21-22(24)9-4-10-23(21)30-26(34)29-15-17-6-2-1-3-7-17/h1-14H,15-16H2,(H,32,33)(H2,29,30,34). The van der Waals surface area contributed by atoms with Crippen molar-refractivity contribution in [3.05, 3.63) is 101 Å². The summed E-state index contributed by atoms with van der Waals surface area (Å²) in [5.41, 5.74) is 1.46. The van der Waals surface area contributed by atoms with Gasteiger partial charge in [0, 0.05) is 27.4 Å². The molecule has 11 heteroatoms. The molecule has 0 aliphatic heterocycles. The van der Waals surface area contributed by atoms with Crippen molar-refractivity contribution in [1.29, 1.82) is 0 Å². The SMILES string of the molecule is O=C(O)CN(c1cccc2c(NC(=O)NCc3ccccc3)cccc12)S(=O)(=O)c1cc(Cl)cc(Cl)c1. The van der Waals surface area contributed by atoms with Crippen LogP contribution in [-0.4, -0.2) is 32.1 Å². The quantitative estimate of drug-likeness (QED) is 0.255. The summed E-state index contributed by atoms with van der Waals surface area (Å²) in [6.07, 6.45) is 0. The van der Waals surface area contributed by atoms with Gasteiger partial charge in [0.2, 0.25) is 0 Å². The summed E-state index contributed by atoms with van der Waals surface area (Å²) in [5.74, 6) is -1.36. The van der Waals surface area contributed by atoms with Crippen molar-refractivity contribution < 1.29 is 23.1 Å². The molecule has 3 N–H and O–H groups in total. The van der Waals surface area contributed by atoms with Gasteiger partial charge < -0.3 is 15.7 Å². The van der Waals surface area contributed by atoms with Crippen molar-refractivity contribution in [2.24, 2.45) is 0 Å². The Morgan fingerprint density at radius 2 is 1.49 bits per heavy atom. The lowest BCUT2D eigenvalue weighted by Crippen LogP contribution is -2.36. The number of benzene rings is 4. The van der Waals surface area contributed by atoms with Gasteiger partial charge in [-0.05, 0) is 35.9 Å². The van der Waals surface area contributed by atoms with Gasteiger partial charge >= 0.3 is 12.0 Å². The normalized spacial score (nSPS) is 11.2. The van der Waals surface area contributed by atoms with Crippen LogP contribution in [0.25, 0.3) is 10.8 Å². The minimum absolute atomic E-state index is 0.0901. The molecule has 0 unspecified atom stereocenters. The van der Waals surface area contributed by atoms with E-state index >= 15 is 0 Å². The number of carbonyl (C=O) groups is 2. The van der Waals surface area contributed by atoms with E-state index in [1.165, 1.54) is 24.3 Å². The molecule has 0 aliphatic rings. The maximum Gasteiger partial charge on any atom is 0.324 e. The predicted octanol–water partition coefficient (Wildman–Crippen LogP) is 5.75. The Labute approximate surface area is 223 Å². The fraction of sp³-hybridized carbons (Fsp3) is 0.0769. The Morgan fingerprint density at radius 1 is 0.838 bits per heavy atom. The lowest BCUT2D eigenvalue weighted by atomic mass is 10.1. The molecule has 0 saturated heterocycles. The molecule has 0 saturated carbocycles. The second kappa shape index (κ2) is 11.1. The summed E-state index contributed by atoms with van der Waals surface area (Å²) in [5, 5.41) is 16.2. The van der Waals surface area contributed by atoms with Gasteiger partial charge in [-0.15, -0.1) is 0 Å². The topological polar surface area (TPSA) is 116 Å². The molecular weight excluding hydrogens is 537 g/mol. The molecule has 4 aromatic carbocycles. The zero-order chi connectivity index (χ0) is 26.6. The summed E-state index contributed by atoms with van der Waals surface area (Å²) in [4.78, 5) is 24.0. The zero-order valence-electron chi connectivity index (χ0n) is 19.2. The number of urea groups is 1. The lowest BCUT2D eigenvalue weighted by Gasteiger charge is -2.25. The number of amides is 2. The van der Waals surface area contributed by atoms with E-state index in [1.54, 1.807) is 30.3 Å². The van der Waals surface area contributed by atoms with Gasteiger partial charge in [0.25, 0.3) is 10.0 Å². The minimum atomic E-state index is -4.38. The third kappa shape index (κ3) is 6.14. The largest absolute Gasteiger partial charge is 0.480 e. The maximum atomic E-state index is 13.6. The van der Waals surface area contributed by atoms with E-state index in [1.807, 2.05) is 30.3 Å². The number of hydrogen-bond acceptors (Lipinski definition) is 4. The van der Waals surface area contributed by atoms with Gasteiger partial charge in [-0.25, -0.2) is 13.2 Å². The second-order valence-corrected chi connectivity index (χ2v) is 10.7. The zero-order valence-corrected chi connectivity index (χ0v) is 21.5. The Morgan fingerprint density at radius 3 is 2.16 bits per heavy atom. The maximum absolute atomic E-state index is 13.6. The smallest absolute Gasteiger partial charge is 0.324 e. The number of hydrogen-bond donors (Lipinski definition) is 3. The average Bonchev–Trinajstić information content (AvgIpc) is 2.86. The third-order valence-electron chi connectivity index (χ3n) is 5.41. The van der Waals surface area contributed by atoms with Crippen LogP contribution in [0.15, 0.2) is 89.8 Å². The molecule has 2 amide bonds. The van der Waals surface area contributed by atoms with Crippen LogP contribution >= 0.6 is 23.2 Å². The first-order chi connectivity index (χ1) is 17.6. The van der Waals surface area contributed by atoms with Crippen LogP contribution < -0.4 is 14.9 Å². The summed E-state index contributed by atoms with van der Waals surface area (Å²) < 4.78 is 27.9. The van der Waals surface area contributed by atoms with E-state index in [4.69, 9.17) is 23.2 Å². The van der Waals surface area contributed by atoms with Gasteiger partial charge in [0.15, 0.2) is 0 Å². The number of nitrogens with one attached hydrogen (secondary N) is 2. The molecule has 37 heavy (non-hydrogen) atoms.